The first-order chi connectivity index (χ1) is 13.2. The van der Waals surface area contributed by atoms with Crippen LogP contribution in [0.1, 0.15) is 0 Å². The molecule has 1 aliphatic rings. The van der Waals surface area contributed by atoms with E-state index in [9.17, 15) is 5.11 Å². The molecule has 0 amide bonds. The van der Waals surface area contributed by atoms with Crippen LogP contribution in [0.5, 0.6) is 11.6 Å². The monoisotopic (exact) mass is 420 g/mol. The van der Waals surface area contributed by atoms with Gasteiger partial charge in [-0.1, -0.05) is 29.6 Å². The van der Waals surface area contributed by atoms with Gasteiger partial charge in [-0.25, -0.2) is 4.98 Å². The number of thiophene rings is 1. The lowest BCUT2D eigenvalue weighted by atomic mass is 10.1. The summed E-state index contributed by atoms with van der Waals surface area (Å²) in [5.41, 5.74) is 3.92. The van der Waals surface area contributed by atoms with Crippen LogP contribution in [0.3, 0.4) is 0 Å². The third kappa shape index (κ3) is 3.73. The van der Waals surface area contributed by atoms with Gasteiger partial charge in [-0.2, -0.15) is 0 Å². The Morgan fingerprint density at radius 2 is 2.22 bits per heavy atom. The fourth-order valence-electron chi connectivity index (χ4n) is 2.85. The minimum atomic E-state index is -0.383. The van der Waals surface area contributed by atoms with Gasteiger partial charge < -0.3 is 19.3 Å². The highest BCUT2D eigenvalue weighted by Gasteiger charge is 2.25. The predicted octanol–water partition coefficient (Wildman–Crippen LogP) is 4.95. The first-order valence-corrected chi connectivity index (χ1v) is 10.7. The Labute approximate surface area is 170 Å². The van der Waals surface area contributed by atoms with Crippen LogP contribution in [-0.4, -0.2) is 35.7 Å². The van der Waals surface area contributed by atoms with Crippen LogP contribution in [0.4, 0.5) is 5.69 Å². The molecule has 1 unspecified atom stereocenters. The average Bonchev–Trinajstić information content (AvgIpc) is 3.17. The number of nitrogens with one attached hydrogen (secondary N) is 1. The van der Waals surface area contributed by atoms with Gasteiger partial charge in [0.2, 0.25) is 0 Å². The maximum absolute atomic E-state index is 9.26. The molecule has 0 spiro atoms. The number of benzene rings is 1. The van der Waals surface area contributed by atoms with Crippen molar-refractivity contribution >= 4 is 40.6 Å². The maximum Gasteiger partial charge on any atom is 0.258 e. The molecule has 1 aromatic carbocycles. The van der Waals surface area contributed by atoms with Crippen LogP contribution in [0.15, 0.2) is 41.9 Å². The molecule has 3 heterocycles. The van der Waals surface area contributed by atoms with E-state index in [4.69, 9.17) is 21.1 Å². The van der Waals surface area contributed by atoms with Gasteiger partial charge in [-0.05, 0) is 35.2 Å². The Kier molecular flexibility index (Phi) is 5.45. The Bertz CT molecular complexity index is 964. The highest BCUT2D eigenvalue weighted by atomic mass is 35.5. The molecule has 0 bridgehead atoms. The number of ether oxygens (including phenoxy) is 2. The van der Waals surface area contributed by atoms with Crippen molar-refractivity contribution < 1.29 is 14.6 Å². The quantitative estimate of drug-likeness (QED) is 0.569. The Hall–Kier alpha value is -1.93. The van der Waals surface area contributed by atoms with Crippen molar-refractivity contribution in [1.29, 1.82) is 0 Å². The van der Waals surface area contributed by atoms with Gasteiger partial charge in [0.05, 0.1) is 11.6 Å². The molecule has 1 aliphatic heterocycles. The van der Waals surface area contributed by atoms with Gasteiger partial charge in [0.1, 0.15) is 6.61 Å². The van der Waals surface area contributed by atoms with Crippen LogP contribution in [-0.2, 0) is 0 Å². The third-order valence-electron chi connectivity index (χ3n) is 4.13. The lowest BCUT2D eigenvalue weighted by Gasteiger charge is -2.25. The summed E-state index contributed by atoms with van der Waals surface area (Å²) in [5, 5.41) is 12.0. The average molecular weight is 421 g/mol. The second-order valence-electron chi connectivity index (χ2n) is 5.93. The lowest BCUT2D eigenvalue weighted by molar-refractivity contribution is 0.0415. The minimum Gasteiger partial charge on any atom is -0.483 e. The number of fused-ring (bicyclic) bond motifs is 1. The number of aliphatic hydroxyl groups is 1. The highest BCUT2D eigenvalue weighted by Crippen LogP contribution is 2.43. The summed E-state index contributed by atoms with van der Waals surface area (Å²) >= 11 is 9.62. The highest BCUT2D eigenvalue weighted by molar-refractivity contribution is 7.99. The molecule has 5 nitrogen and oxygen atoms in total. The molecule has 8 heteroatoms. The fourth-order valence-corrected chi connectivity index (χ4v) is 4.44. The van der Waals surface area contributed by atoms with Crippen LogP contribution < -0.4 is 14.2 Å². The van der Waals surface area contributed by atoms with Crippen molar-refractivity contribution in [2.75, 3.05) is 24.2 Å². The summed E-state index contributed by atoms with van der Waals surface area (Å²) in [7, 11) is 0. The fraction of sp³-hybridized carbons (Fsp3) is 0.211. The van der Waals surface area contributed by atoms with Crippen LogP contribution in [0.25, 0.3) is 21.6 Å². The van der Waals surface area contributed by atoms with Crippen LogP contribution in [0, 0.1) is 0 Å². The summed E-state index contributed by atoms with van der Waals surface area (Å²) in [6.45, 7) is 0.199. The van der Waals surface area contributed by atoms with E-state index in [0.29, 0.717) is 23.3 Å². The Morgan fingerprint density at radius 1 is 1.33 bits per heavy atom. The predicted molar refractivity (Wildman–Crippen MR) is 112 cm³/mol. The number of aliphatic hydroxyl groups excluding tert-OH is 1. The van der Waals surface area contributed by atoms with E-state index in [0.717, 1.165) is 27.3 Å². The zero-order valence-corrected chi connectivity index (χ0v) is 16.8. The lowest BCUT2D eigenvalue weighted by Crippen LogP contribution is -2.32. The van der Waals surface area contributed by atoms with E-state index in [1.807, 2.05) is 30.5 Å². The van der Waals surface area contributed by atoms with Crippen molar-refractivity contribution in [2.24, 2.45) is 0 Å². The van der Waals surface area contributed by atoms with E-state index in [1.54, 1.807) is 17.5 Å². The molecule has 4 rings (SSSR count). The number of halogens is 1. The molecule has 2 N–H and O–H groups in total. The number of anilines is 1. The van der Waals surface area contributed by atoms with Crippen molar-refractivity contribution in [3.05, 3.63) is 46.9 Å². The molecule has 1 atom stereocenters. The van der Waals surface area contributed by atoms with Gasteiger partial charge in [0.25, 0.3) is 5.88 Å². The standard InChI is InChI=1S/C19H17ClN2O3S2/c1-26-22-12-2-3-14(16(20)7-12)11-6-17(27-10-11)15-4-5-21-19-18(15)24-9-13(8-23)25-19/h2-7,10,13,22-23H,8-9H2,1H3. The number of nitrogens with zero attached hydrogens (tertiary/aromatic N) is 1. The van der Waals surface area contributed by atoms with E-state index in [2.05, 4.69) is 21.2 Å². The second kappa shape index (κ2) is 7.98. The molecule has 0 radical (unpaired) electrons. The molecule has 0 aliphatic carbocycles. The minimum absolute atomic E-state index is 0.103. The molecule has 0 saturated heterocycles. The van der Waals surface area contributed by atoms with Gasteiger partial charge in [-0.3, -0.25) is 0 Å². The third-order valence-corrected chi connectivity index (χ3v) is 5.85. The van der Waals surface area contributed by atoms with Crippen LogP contribution in [0.2, 0.25) is 5.02 Å². The zero-order chi connectivity index (χ0) is 18.8. The smallest absolute Gasteiger partial charge is 0.258 e. The zero-order valence-electron chi connectivity index (χ0n) is 14.4. The molecule has 3 aromatic rings. The van der Waals surface area contributed by atoms with Crippen molar-refractivity contribution in [3.8, 4) is 33.2 Å². The topological polar surface area (TPSA) is 63.6 Å². The van der Waals surface area contributed by atoms with E-state index >= 15 is 0 Å². The number of hydrogen-bond acceptors (Lipinski definition) is 7. The number of hydrogen-bond donors (Lipinski definition) is 2. The van der Waals surface area contributed by atoms with Gasteiger partial charge in [0.15, 0.2) is 11.9 Å². The summed E-state index contributed by atoms with van der Waals surface area (Å²) < 4.78 is 14.7. The normalized spacial score (nSPS) is 15.6. The Balaban J connectivity index is 1.66. The van der Waals surface area contributed by atoms with E-state index < -0.39 is 0 Å². The second-order valence-corrected chi connectivity index (χ2v) is 7.86. The first-order valence-electron chi connectivity index (χ1n) is 8.26. The SMILES string of the molecule is CSNc1ccc(-c2csc(-c3ccnc4c3OCC(CO)O4)c2)c(Cl)c1. The molecule has 2 aromatic heterocycles. The molecular weight excluding hydrogens is 404 g/mol. The van der Waals surface area contributed by atoms with Gasteiger partial charge >= 0.3 is 0 Å². The maximum atomic E-state index is 9.26. The molecule has 27 heavy (non-hydrogen) atoms. The van der Waals surface area contributed by atoms with Crippen molar-refractivity contribution in [1.82, 2.24) is 4.98 Å². The Morgan fingerprint density at radius 3 is 3.00 bits per heavy atom. The van der Waals surface area contributed by atoms with Gasteiger partial charge in [-0.15, -0.1) is 11.3 Å². The van der Waals surface area contributed by atoms with E-state index in [-0.39, 0.29) is 12.7 Å². The largest absolute Gasteiger partial charge is 0.483 e. The van der Waals surface area contributed by atoms with E-state index in [1.165, 1.54) is 11.9 Å². The summed E-state index contributed by atoms with van der Waals surface area (Å²) in [6.07, 6.45) is 3.27. The first kappa shape index (κ1) is 18.4. The molecule has 0 saturated carbocycles. The number of aromatic nitrogens is 1. The number of rotatable bonds is 5. The van der Waals surface area contributed by atoms with Crippen molar-refractivity contribution in [2.45, 2.75) is 6.10 Å². The molecular formula is C19H17ClN2O3S2. The van der Waals surface area contributed by atoms with Crippen LogP contribution >= 0.6 is 34.9 Å². The van der Waals surface area contributed by atoms with Gasteiger partial charge in [0, 0.05) is 34.1 Å². The summed E-state index contributed by atoms with van der Waals surface area (Å²) in [6, 6.07) is 9.94. The number of pyridine rings is 1. The van der Waals surface area contributed by atoms with Crippen molar-refractivity contribution in [3.63, 3.8) is 0 Å². The summed E-state index contributed by atoms with van der Waals surface area (Å²) in [4.78, 5) is 5.27. The summed E-state index contributed by atoms with van der Waals surface area (Å²) in [5.74, 6) is 1.03. The molecule has 140 valence electrons. The molecule has 0 fully saturated rings.